The lowest BCUT2D eigenvalue weighted by Gasteiger charge is -2.36. The van der Waals surface area contributed by atoms with E-state index in [-0.39, 0.29) is 17.1 Å². The molecule has 1 atom stereocenters. The number of hydrogen-bond acceptors (Lipinski definition) is 3. The fraction of sp³-hybridized carbons (Fsp3) is 0.308. The molecule has 0 saturated heterocycles. The first kappa shape index (κ1) is 19.6. The van der Waals surface area contributed by atoms with Crippen LogP contribution in [-0.4, -0.2) is 16.7 Å². The van der Waals surface area contributed by atoms with Gasteiger partial charge in [0.25, 0.3) is 0 Å². The summed E-state index contributed by atoms with van der Waals surface area (Å²) in [5.41, 5.74) is 5.13. The molecule has 0 radical (unpaired) electrons. The lowest BCUT2D eigenvalue weighted by molar-refractivity contribution is -0.119. The number of rotatable bonds is 2. The standard InChI is InChI=1S/C26H27N3O2/c1-4-23(31)29-21-12-8-7-11-19(21)28-20-13-26(2,3)14-22(30)24(20)25(29)17-15-27-18-10-6-5-9-16(17)18/h5-12,15,25,27-28H,4,13-14H2,1-3H3/t25-/m0/s1. The Balaban J connectivity index is 1.84. The van der Waals surface area contributed by atoms with Gasteiger partial charge in [-0.15, -0.1) is 0 Å². The van der Waals surface area contributed by atoms with Gasteiger partial charge in [0.15, 0.2) is 5.78 Å². The number of carbonyl (C=O) groups excluding carboxylic acids is 2. The van der Waals surface area contributed by atoms with Gasteiger partial charge in [-0.1, -0.05) is 51.1 Å². The number of allylic oxidation sites excluding steroid dienone is 1. The second-order valence-corrected chi connectivity index (χ2v) is 9.28. The fourth-order valence-electron chi connectivity index (χ4n) is 5.05. The number of hydrogen-bond donors (Lipinski definition) is 2. The average molecular weight is 414 g/mol. The molecule has 2 N–H and O–H groups in total. The zero-order chi connectivity index (χ0) is 21.8. The van der Waals surface area contributed by atoms with E-state index in [1.165, 1.54) is 0 Å². The molecule has 1 aliphatic carbocycles. The highest BCUT2D eigenvalue weighted by molar-refractivity contribution is 6.07. The van der Waals surface area contributed by atoms with Gasteiger partial charge >= 0.3 is 0 Å². The van der Waals surface area contributed by atoms with Crippen molar-refractivity contribution < 1.29 is 9.59 Å². The van der Waals surface area contributed by atoms with Gasteiger partial charge in [-0.2, -0.15) is 0 Å². The van der Waals surface area contributed by atoms with Crippen LogP contribution < -0.4 is 10.2 Å². The molecule has 5 nitrogen and oxygen atoms in total. The third kappa shape index (κ3) is 3.16. The van der Waals surface area contributed by atoms with Crippen LogP contribution in [-0.2, 0) is 9.59 Å². The van der Waals surface area contributed by atoms with Gasteiger partial charge in [0.2, 0.25) is 5.91 Å². The molecular weight excluding hydrogens is 386 g/mol. The average Bonchev–Trinajstić information content (AvgIpc) is 3.10. The number of para-hydroxylation sites is 3. The number of anilines is 2. The molecule has 0 spiro atoms. The third-order valence-corrected chi connectivity index (χ3v) is 6.39. The first-order valence-electron chi connectivity index (χ1n) is 10.9. The summed E-state index contributed by atoms with van der Waals surface area (Å²) in [6.45, 7) is 6.13. The summed E-state index contributed by atoms with van der Waals surface area (Å²) in [4.78, 5) is 32.2. The van der Waals surface area contributed by atoms with Crippen molar-refractivity contribution >= 4 is 34.0 Å². The Morgan fingerprint density at radius 1 is 1.10 bits per heavy atom. The van der Waals surface area contributed by atoms with Crippen LogP contribution in [0.25, 0.3) is 10.9 Å². The summed E-state index contributed by atoms with van der Waals surface area (Å²) >= 11 is 0. The van der Waals surface area contributed by atoms with Crippen LogP contribution in [0.3, 0.4) is 0 Å². The number of carbonyl (C=O) groups is 2. The Morgan fingerprint density at radius 2 is 1.84 bits per heavy atom. The third-order valence-electron chi connectivity index (χ3n) is 6.39. The Morgan fingerprint density at radius 3 is 2.65 bits per heavy atom. The number of nitrogens with zero attached hydrogens (tertiary/aromatic N) is 1. The van der Waals surface area contributed by atoms with Gasteiger partial charge in [-0.25, -0.2) is 0 Å². The summed E-state index contributed by atoms with van der Waals surface area (Å²) in [6, 6.07) is 15.4. The maximum Gasteiger partial charge on any atom is 0.227 e. The van der Waals surface area contributed by atoms with Gasteiger partial charge < -0.3 is 10.3 Å². The molecule has 5 heteroatoms. The largest absolute Gasteiger partial charge is 0.361 e. The first-order chi connectivity index (χ1) is 14.9. The molecular formula is C26H27N3O2. The highest BCUT2D eigenvalue weighted by Gasteiger charge is 2.43. The maximum absolute atomic E-state index is 13.6. The van der Waals surface area contributed by atoms with E-state index in [1.807, 2.05) is 60.5 Å². The lowest BCUT2D eigenvalue weighted by Crippen LogP contribution is -2.39. The quantitative estimate of drug-likeness (QED) is 0.565. The number of H-pyrrole nitrogens is 1. The van der Waals surface area contributed by atoms with Crippen LogP contribution >= 0.6 is 0 Å². The molecule has 2 aliphatic rings. The predicted octanol–water partition coefficient (Wildman–Crippen LogP) is 5.72. The Bertz CT molecular complexity index is 1230. The number of Topliss-reactive ketones (excluding diaryl/α,β-unsaturated/α-hetero) is 1. The molecule has 0 bridgehead atoms. The Labute approximate surface area is 182 Å². The normalized spacial score (nSPS) is 20.2. The molecule has 5 rings (SSSR count). The highest BCUT2D eigenvalue weighted by atomic mass is 16.2. The summed E-state index contributed by atoms with van der Waals surface area (Å²) in [6.07, 6.45) is 3.54. The number of ketones is 1. The first-order valence-corrected chi connectivity index (χ1v) is 10.9. The van der Waals surface area contributed by atoms with E-state index >= 15 is 0 Å². The number of aromatic amines is 1. The van der Waals surface area contributed by atoms with E-state index in [0.29, 0.717) is 18.4 Å². The number of benzene rings is 2. The fourth-order valence-corrected chi connectivity index (χ4v) is 5.05. The topological polar surface area (TPSA) is 65.2 Å². The monoisotopic (exact) mass is 413 g/mol. The van der Waals surface area contributed by atoms with Crippen molar-refractivity contribution in [3.8, 4) is 0 Å². The molecule has 0 unspecified atom stereocenters. The molecule has 0 saturated carbocycles. The van der Waals surface area contributed by atoms with Gasteiger partial charge in [0.1, 0.15) is 0 Å². The van der Waals surface area contributed by atoms with Gasteiger partial charge in [-0.05, 0) is 30.0 Å². The van der Waals surface area contributed by atoms with Crippen molar-refractivity contribution in [1.82, 2.24) is 4.98 Å². The molecule has 31 heavy (non-hydrogen) atoms. The van der Waals surface area contributed by atoms with Crippen LogP contribution in [0.15, 0.2) is 66.0 Å². The van der Waals surface area contributed by atoms with E-state index in [2.05, 4.69) is 30.2 Å². The number of nitrogens with one attached hydrogen (secondary N) is 2. The Kier molecular flexibility index (Phi) is 4.50. The maximum atomic E-state index is 13.6. The molecule has 1 aliphatic heterocycles. The van der Waals surface area contributed by atoms with Crippen molar-refractivity contribution in [2.45, 2.75) is 46.1 Å². The van der Waals surface area contributed by atoms with Crippen molar-refractivity contribution in [3.05, 3.63) is 71.6 Å². The summed E-state index contributed by atoms with van der Waals surface area (Å²) in [7, 11) is 0. The molecule has 2 aromatic carbocycles. The number of aromatic nitrogens is 1. The SMILES string of the molecule is CCC(=O)N1c2ccccc2NC2=C(C(=O)CC(C)(C)C2)[C@@H]1c1c[nH]c2ccccc12. The molecule has 2 heterocycles. The second kappa shape index (κ2) is 7.12. The van der Waals surface area contributed by atoms with E-state index in [9.17, 15) is 9.59 Å². The van der Waals surface area contributed by atoms with E-state index < -0.39 is 6.04 Å². The molecule has 158 valence electrons. The van der Waals surface area contributed by atoms with Gasteiger partial charge in [0.05, 0.1) is 17.4 Å². The summed E-state index contributed by atoms with van der Waals surface area (Å²) in [5.74, 6) is 0.103. The van der Waals surface area contributed by atoms with Crippen molar-refractivity contribution in [1.29, 1.82) is 0 Å². The number of amides is 1. The lowest BCUT2D eigenvalue weighted by atomic mass is 9.73. The van der Waals surface area contributed by atoms with E-state index in [1.54, 1.807) is 0 Å². The van der Waals surface area contributed by atoms with Crippen molar-refractivity contribution in [2.24, 2.45) is 5.41 Å². The predicted molar refractivity (Wildman–Crippen MR) is 124 cm³/mol. The van der Waals surface area contributed by atoms with Gasteiger partial charge in [-0.3, -0.25) is 14.5 Å². The van der Waals surface area contributed by atoms with Crippen LogP contribution in [0.4, 0.5) is 11.4 Å². The van der Waals surface area contributed by atoms with Crippen LogP contribution in [0.2, 0.25) is 0 Å². The van der Waals surface area contributed by atoms with E-state index in [0.717, 1.165) is 40.0 Å². The highest BCUT2D eigenvalue weighted by Crippen LogP contribution is 2.49. The summed E-state index contributed by atoms with van der Waals surface area (Å²) in [5, 5.41) is 4.58. The Hall–Kier alpha value is -3.34. The zero-order valence-electron chi connectivity index (χ0n) is 18.2. The second-order valence-electron chi connectivity index (χ2n) is 9.28. The smallest absolute Gasteiger partial charge is 0.227 e. The molecule has 1 amide bonds. The minimum atomic E-state index is -0.474. The van der Waals surface area contributed by atoms with Gasteiger partial charge in [0, 0.05) is 46.8 Å². The molecule has 3 aromatic rings. The van der Waals surface area contributed by atoms with Crippen molar-refractivity contribution in [2.75, 3.05) is 10.2 Å². The molecule has 0 fully saturated rings. The van der Waals surface area contributed by atoms with E-state index in [4.69, 9.17) is 0 Å². The summed E-state index contributed by atoms with van der Waals surface area (Å²) < 4.78 is 0. The minimum Gasteiger partial charge on any atom is -0.361 e. The number of fused-ring (bicyclic) bond motifs is 2. The van der Waals surface area contributed by atoms with Crippen LogP contribution in [0, 0.1) is 5.41 Å². The zero-order valence-corrected chi connectivity index (χ0v) is 18.2. The van der Waals surface area contributed by atoms with Crippen LogP contribution in [0.1, 0.15) is 51.6 Å². The molecule has 1 aromatic heterocycles. The van der Waals surface area contributed by atoms with Crippen molar-refractivity contribution in [3.63, 3.8) is 0 Å². The van der Waals surface area contributed by atoms with Crippen LogP contribution in [0.5, 0.6) is 0 Å². The minimum absolute atomic E-state index is 0.00378.